The van der Waals surface area contributed by atoms with Gasteiger partial charge in [0.2, 0.25) is 0 Å². The van der Waals surface area contributed by atoms with Crippen LogP contribution in [0.5, 0.6) is 0 Å². The molecule has 1 aromatic rings. The van der Waals surface area contributed by atoms with Gasteiger partial charge in [0.15, 0.2) is 0 Å². The molecule has 1 aliphatic rings. The molecule has 0 radical (unpaired) electrons. The number of amides is 1. The van der Waals surface area contributed by atoms with Crippen LogP contribution in [-0.2, 0) is 4.79 Å². The molecule has 0 aromatic heterocycles. The number of aliphatic carboxylic acids is 1. The van der Waals surface area contributed by atoms with Crippen molar-refractivity contribution in [3.8, 4) is 0 Å². The fourth-order valence-corrected chi connectivity index (χ4v) is 2.49. The zero-order valence-corrected chi connectivity index (χ0v) is 11.4. The van der Waals surface area contributed by atoms with E-state index in [1.165, 1.54) is 24.3 Å². The molecule has 1 aromatic carbocycles. The summed E-state index contributed by atoms with van der Waals surface area (Å²) in [5.41, 5.74) is 0.367. The number of benzene rings is 1. The number of hydrogen-bond donors (Lipinski definition) is 1. The average Bonchev–Trinajstić information content (AvgIpc) is 2.93. The highest BCUT2D eigenvalue weighted by molar-refractivity contribution is 5.94. The first-order valence-electron chi connectivity index (χ1n) is 6.73. The summed E-state index contributed by atoms with van der Waals surface area (Å²) in [4.78, 5) is 34.5. The summed E-state index contributed by atoms with van der Waals surface area (Å²) in [6.45, 7) is 1.14. The minimum absolute atomic E-state index is 0.0488. The van der Waals surface area contributed by atoms with E-state index < -0.39 is 10.9 Å². The Morgan fingerprint density at radius 3 is 2.57 bits per heavy atom. The molecule has 112 valence electrons. The molecule has 1 amide bonds. The minimum Gasteiger partial charge on any atom is -0.481 e. The number of non-ortho nitro benzene ring substituents is 1. The lowest BCUT2D eigenvalue weighted by molar-refractivity contribution is -0.384. The number of carboxylic acids is 1. The number of likely N-dealkylation sites (tertiary alicyclic amines) is 1. The number of carbonyl (C=O) groups excluding carboxylic acids is 1. The van der Waals surface area contributed by atoms with E-state index in [-0.39, 0.29) is 23.9 Å². The number of nitrogens with zero attached hydrogens (tertiary/aromatic N) is 2. The molecule has 0 saturated carbocycles. The summed E-state index contributed by atoms with van der Waals surface area (Å²) in [6, 6.07) is 5.52. The van der Waals surface area contributed by atoms with Gasteiger partial charge in [-0.25, -0.2) is 0 Å². The van der Waals surface area contributed by atoms with Crippen LogP contribution in [0.1, 0.15) is 29.6 Å². The Hall–Kier alpha value is -2.44. The van der Waals surface area contributed by atoms with Crippen LogP contribution in [0, 0.1) is 16.0 Å². The molecule has 1 N–H and O–H groups in total. The van der Waals surface area contributed by atoms with E-state index in [1.54, 1.807) is 4.90 Å². The summed E-state index contributed by atoms with van der Waals surface area (Å²) >= 11 is 0. The van der Waals surface area contributed by atoms with Gasteiger partial charge >= 0.3 is 5.97 Å². The summed E-state index contributed by atoms with van der Waals surface area (Å²) in [5, 5.41) is 19.2. The Balaban J connectivity index is 1.94. The zero-order valence-electron chi connectivity index (χ0n) is 11.4. The van der Waals surface area contributed by atoms with Crippen LogP contribution in [0.2, 0.25) is 0 Å². The van der Waals surface area contributed by atoms with E-state index in [0.29, 0.717) is 25.1 Å². The summed E-state index contributed by atoms with van der Waals surface area (Å²) in [7, 11) is 0. The van der Waals surface area contributed by atoms with E-state index >= 15 is 0 Å². The smallest absolute Gasteiger partial charge is 0.303 e. The maximum atomic E-state index is 12.3. The van der Waals surface area contributed by atoms with E-state index in [4.69, 9.17) is 5.11 Å². The first-order chi connectivity index (χ1) is 9.97. The summed E-state index contributed by atoms with van der Waals surface area (Å²) in [5.74, 6) is -0.777. The maximum absolute atomic E-state index is 12.3. The molecule has 1 saturated heterocycles. The predicted molar refractivity (Wildman–Crippen MR) is 74.0 cm³/mol. The standard InChI is InChI=1S/C14H16N2O5/c17-13(18)6-1-10-7-8-15(9-10)14(19)11-2-4-12(5-3-11)16(20)21/h2-5,10H,1,6-9H2,(H,17,18). The SMILES string of the molecule is O=C(O)CCC1CCN(C(=O)c2ccc([N+](=O)[O-])cc2)C1. The second-order valence-electron chi connectivity index (χ2n) is 5.14. The number of carbonyl (C=O) groups is 2. The molecular formula is C14H16N2O5. The normalized spacial score (nSPS) is 17.7. The van der Waals surface area contributed by atoms with Crippen molar-refractivity contribution in [3.63, 3.8) is 0 Å². The lowest BCUT2D eigenvalue weighted by Gasteiger charge is -2.16. The van der Waals surface area contributed by atoms with Crippen LogP contribution in [0.4, 0.5) is 5.69 Å². The quantitative estimate of drug-likeness (QED) is 0.660. The maximum Gasteiger partial charge on any atom is 0.303 e. The Morgan fingerprint density at radius 1 is 1.33 bits per heavy atom. The number of rotatable bonds is 5. The predicted octanol–water partition coefficient (Wildman–Crippen LogP) is 1.92. The van der Waals surface area contributed by atoms with Gasteiger partial charge in [-0.1, -0.05) is 0 Å². The van der Waals surface area contributed by atoms with Crippen molar-refractivity contribution in [1.82, 2.24) is 4.90 Å². The van der Waals surface area contributed by atoms with Crippen LogP contribution in [-0.4, -0.2) is 39.9 Å². The number of hydrogen-bond acceptors (Lipinski definition) is 4. The lowest BCUT2D eigenvalue weighted by Crippen LogP contribution is -2.28. The Labute approximate surface area is 121 Å². The summed E-state index contributed by atoms with van der Waals surface area (Å²) < 4.78 is 0. The molecule has 0 bridgehead atoms. The fourth-order valence-electron chi connectivity index (χ4n) is 2.49. The third kappa shape index (κ3) is 3.77. The monoisotopic (exact) mass is 292 g/mol. The van der Waals surface area contributed by atoms with E-state index in [1.807, 2.05) is 0 Å². The van der Waals surface area contributed by atoms with Gasteiger partial charge in [0.05, 0.1) is 4.92 Å². The second kappa shape index (κ2) is 6.34. The fraction of sp³-hybridized carbons (Fsp3) is 0.429. The van der Waals surface area contributed by atoms with Crippen molar-refractivity contribution >= 4 is 17.6 Å². The van der Waals surface area contributed by atoms with Crippen molar-refractivity contribution in [2.24, 2.45) is 5.92 Å². The van der Waals surface area contributed by atoms with Gasteiger partial charge < -0.3 is 10.0 Å². The third-order valence-corrected chi connectivity index (χ3v) is 3.66. The molecule has 0 spiro atoms. The van der Waals surface area contributed by atoms with Gasteiger partial charge in [0.1, 0.15) is 0 Å². The van der Waals surface area contributed by atoms with Gasteiger partial charge in [-0.05, 0) is 30.9 Å². The lowest BCUT2D eigenvalue weighted by atomic mass is 10.0. The largest absolute Gasteiger partial charge is 0.481 e. The van der Waals surface area contributed by atoms with Crippen LogP contribution in [0.15, 0.2) is 24.3 Å². The molecule has 1 fully saturated rings. The molecule has 2 rings (SSSR count). The number of nitro groups is 1. The van der Waals surface area contributed by atoms with Crippen molar-refractivity contribution in [3.05, 3.63) is 39.9 Å². The van der Waals surface area contributed by atoms with E-state index in [2.05, 4.69) is 0 Å². The van der Waals surface area contributed by atoms with Gasteiger partial charge in [0, 0.05) is 37.2 Å². The second-order valence-corrected chi connectivity index (χ2v) is 5.14. The van der Waals surface area contributed by atoms with E-state index in [0.717, 1.165) is 6.42 Å². The molecule has 1 aliphatic heterocycles. The molecule has 1 atom stereocenters. The van der Waals surface area contributed by atoms with Crippen molar-refractivity contribution in [2.75, 3.05) is 13.1 Å². The number of carboxylic acid groups (broad SMARTS) is 1. The highest BCUT2D eigenvalue weighted by Crippen LogP contribution is 2.23. The van der Waals surface area contributed by atoms with Crippen molar-refractivity contribution in [2.45, 2.75) is 19.3 Å². The van der Waals surface area contributed by atoms with Gasteiger partial charge in [0.25, 0.3) is 11.6 Å². The van der Waals surface area contributed by atoms with Crippen LogP contribution >= 0.6 is 0 Å². The summed E-state index contributed by atoms with van der Waals surface area (Å²) in [6.07, 6.45) is 1.48. The van der Waals surface area contributed by atoms with Gasteiger partial charge in [-0.3, -0.25) is 19.7 Å². The van der Waals surface area contributed by atoms with E-state index in [9.17, 15) is 19.7 Å². The van der Waals surface area contributed by atoms with Crippen LogP contribution < -0.4 is 0 Å². The highest BCUT2D eigenvalue weighted by Gasteiger charge is 2.27. The molecule has 1 unspecified atom stereocenters. The average molecular weight is 292 g/mol. The highest BCUT2D eigenvalue weighted by atomic mass is 16.6. The van der Waals surface area contributed by atoms with Crippen molar-refractivity contribution in [1.29, 1.82) is 0 Å². The topological polar surface area (TPSA) is 101 Å². The van der Waals surface area contributed by atoms with Crippen molar-refractivity contribution < 1.29 is 19.6 Å². The number of nitro benzene ring substituents is 1. The Bertz CT molecular complexity index is 555. The minimum atomic E-state index is -0.824. The zero-order chi connectivity index (χ0) is 15.4. The third-order valence-electron chi connectivity index (χ3n) is 3.66. The molecule has 7 nitrogen and oxygen atoms in total. The Kier molecular flexibility index (Phi) is 4.52. The molecule has 21 heavy (non-hydrogen) atoms. The molecule has 1 heterocycles. The van der Waals surface area contributed by atoms with Gasteiger partial charge in [-0.2, -0.15) is 0 Å². The van der Waals surface area contributed by atoms with Crippen LogP contribution in [0.3, 0.4) is 0 Å². The first-order valence-corrected chi connectivity index (χ1v) is 6.73. The molecule has 7 heteroatoms. The molecule has 0 aliphatic carbocycles. The Morgan fingerprint density at radius 2 is 2.00 bits per heavy atom. The molecular weight excluding hydrogens is 276 g/mol. The van der Waals surface area contributed by atoms with Gasteiger partial charge in [-0.15, -0.1) is 0 Å². The van der Waals surface area contributed by atoms with Crippen LogP contribution in [0.25, 0.3) is 0 Å². The first kappa shape index (κ1) is 15.0.